The fraction of sp³-hybridized carbons (Fsp3) is 0.154. The summed E-state index contributed by atoms with van der Waals surface area (Å²) in [6, 6.07) is 20.2. The van der Waals surface area contributed by atoms with Gasteiger partial charge in [0.05, 0.1) is 17.0 Å². The first kappa shape index (κ1) is 19.6. The van der Waals surface area contributed by atoms with E-state index >= 15 is 0 Å². The van der Waals surface area contributed by atoms with Gasteiger partial charge in [0, 0.05) is 11.6 Å². The zero-order valence-corrected chi connectivity index (χ0v) is 17.9. The highest BCUT2D eigenvalue weighted by Crippen LogP contribution is 2.40. The van der Waals surface area contributed by atoms with Crippen LogP contribution in [0, 0.1) is 13.8 Å². The maximum absolute atomic E-state index is 13.7. The van der Waals surface area contributed by atoms with Crippen LogP contribution < -0.4 is 5.43 Å². The molecule has 1 unspecified atom stereocenters. The molecule has 2 heterocycles. The van der Waals surface area contributed by atoms with E-state index in [1.54, 1.807) is 17.0 Å². The number of hydrogen-bond acceptors (Lipinski definition) is 3. The largest absolute Gasteiger partial charge is 0.450 e. The summed E-state index contributed by atoms with van der Waals surface area (Å²) in [5.41, 5.74) is 4.24. The van der Waals surface area contributed by atoms with Gasteiger partial charge >= 0.3 is 0 Å². The van der Waals surface area contributed by atoms with Gasteiger partial charge in [0.1, 0.15) is 5.58 Å². The van der Waals surface area contributed by atoms with Crippen molar-refractivity contribution in [3.63, 3.8) is 0 Å². The van der Waals surface area contributed by atoms with E-state index in [2.05, 4.69) is 0 Å². The van der Waals surface area contributed by atoms with Gasteiger partial charge in [-0.3, -0.25) is 9.59 Å². The number of aryl methyl sites for hydroxylation is 2. The number of carbonyl (C=O) groups is 1. The van der Waals surface area contributed by atoms with E-state index in [0.717, 1.165) is 22.3 Å². The Morgan fingerprint density at radius 1 is 0.968 bits per heavy atom. The summed E-state index contributed by atoms with van der Waals surface area (Å²) in [4.78, 5) is 28.9. The highest BCUT2D eigenvalue weighted by atomic mass is 35.5. The van der Waals surface area contributed by atoms with Crippen molar-refractivity contribution in [3.05, 3.63) is 116 Å². The molecule has 1 aromatic heterocycles. The first-order valence-corrected chi connectivity index (χ1v) is 10.5. The topological polar surface area (TPSA) is 50.5 Å². The van der Waals surface area contributed by atoms with E-state index in [4.69, 9.17) is 16.0 Å². The lowest BCUT2D eigenvalue weighted by molar-refractivity contribution is 0.0714. The normalized spacial score (nSPS) is 15.5. The zero-order valence-electron chi connectivity index (χ0n) is 17.2. The van der Waals surface area contributed by atoms with E-state index in [0.29, 0.717) is 28.1 Å². The van der Waals surface area contributed by atoms with Gasteiger partial charge in [-0.25, -0.2) is 0 Å². The highest BCUT2D eigenvalue weighted by molar-refractivity contribution is 6.30. The van der Waals surface area contributed by atoms with Crippen molar-refractivity contribution < 1.29 is 9.21 Å². The van der Waals surface area contributed by atoms with Crippen LogP contribution in [0.4, 0.5) is 0 Å². The van der Waals surface area contributed by atoms with Crippen LogP contribution in [0.3, 0.4) is 0 Å². The second kappa shape index (κ2) is 7.40. The Bertz CT molecular complexity index is 1390. The maximum Gasteiger partial charge on any atom is 0.291 e. The summed E-state index contributed by atoms with van der Waals surface area (Å²) in [6.45, 7) is 4.19. The minimum atomic E-state index is -0.567. The maximum atomic E-state index is 13.7. The van der Waals surface area contributed by atoms with Crippen molar-refractivity contribution in [1.82, 2.24) is 4.90 Å². The van der Waals surface area contributed by atoms with Gasteiger partial charge in [0.25, 0.3) is 5.91 Å². The number of nitrogens with zero attached hydrogens (tertiary/aromatic N) is 1. The van der Waals surface area contributed by atoms with Crippen molar-refractivity contribution in [3.8, 4) is 0 Å². The molecule has 5 heteroatoms. The molecule has 1 aliphatic heterocycles. The predicted octanol–water partition coefficient (Wildman–Crippen LogP) is 5.81. The fourth-order valence-electron chi connectivity index (χ4n) is 4.44. The molecule has 0 N–H and O–H groups in total. The van der Waals surface area contributed by atoms with Gasteiger partial charge < -0.3 is 9.32 Å². The van der Waals surface area contributed by atoms with E-state index in [9.17, 15) is 9.59 Å². The van der Waals surface area contributed by atoms with Crippen LogP contribution in [0.25, 0.3) is 11.0 Å². The third-order valence-corrected chi connectivity index (χ3v) is 5.99. The van der Waals surface area contributed by atoms with E-state index < -0.39 is 6.04 Å². The first-order chi connectivity index (χ1) is 14.9. The Labute approximate surface area is 184 Å². The molecule has 1 atom stereocenters. The Hall–Kier alpha value is -3.37. The van der Waals surface area contributed by atoms with Crippen LogP contribution in [0.2, 0.25) is 5.02 Å². The smallest absolute Gasteiger partial charge is 0.291 e. The van der Waals surface area contributed by atoms with Gasteiger partial charge in [0.15, 0.2) is 5.43 Å². The van der Waals surface area contributed by atoms with E-state index in [1.807, 2.05) is 68.4 Å². The van der Waals surface area contributed by atoms with Crippen LogP contribution in [0.5, 0.6) is 0 Å². The van der Waals surface area contributed by atoms with Crippen LogP contribution in [-0.4, -0.2) is 10.8 Å². The Kier molecular flexibility index (Phi) is 4.67. The van der Waals surface area contributed by atoms with Crippen LogP contribution in [0.1, 0.15) is 44.4 Å². The summed E-state index contributed by atoms with van der Waals surface area (Å²) >= 11 is 6.27. The predicted molar refractivity (Wildman–Crippen MR) is 122 cm³/mol. The molecule has 4 nitrogen and oxygen atoms in total. The lowest BCUT2D eigenvalue weighted by Gasteiger charge is -2.25. The summed E-state index contributed by atoms with van der Waals surface area (Å²) < 4.78 is 6.11. The van der Waals surface area contributed by atoms with Gasteiger partial charge in [-0.15, -0.1) is 0 Å². The average molecular weight is 430 g/mol. The number of benzene rings is 3. The van der Waals surface area contributed by atoms with Gasteiger partial charge in [-0.1, -0.05) is 60.1 Å². The third kappa shape index (κ3) is 3.24. The molecular weight excluding hydrogens is 410 g/mol. The molecule has 5 rings (SSSR count). The molecule has 0 aliphatic carbocycles. The summed E-state index contributed by atoms with van der Waals surface area (Å²) in [5.74, 6) is -0.173. The van der Waals surface area contributed by atoms with Crippen molar-refractivity contribution >= 4 is 28.5 Å². The highest BCUT2D eigenvalue weighted by Gasteiger charge is 2.42. The minimum absolute atomic E-state index is 0.116. The Morgan fingerprint density at radius 3 is 2.48 bits per heavy atom. The number of halogens is 1. The molecule has 154 valence electrons. The quantitative estimate of drug-likeness (QED) is 0.413. The van der Waals surface area contributed by atoms with Crippen LogP contribution in [0.15, 0.2) is 75.9 Å². The third-order valence-electron chi connectivity index (χ3n) is 5.76. The number of carbonyl (C=O) groups excluding carboxylic acids is 1. The molecule has 1 aliphatic rings. The zero-order chi connectivity index (χ0) is 21.7. The molecule has 0 spiro atoms. The first-order valence-electron chi connectivity index (χ1n) is 10.1. The second-order valence-electron chi connectivity index (χ2n) is 8.01. The lowest BCUT2D eigenvalue weighted by atomic mass is 9.97. The summed E-state index contributed by atoms with van der Waals surface area (Å²) in [6.07, 6.45) is 0. The minimum Gasteiger partial charge on any atom is -0.450 e. The van der Waals surface area contributed by atoms with Crippen molar-refractivity contribution in [2.75, 3.05) is 0 Å². The summed E-state index contributed by atoms with van der Waals surface area (Å²) in [7, 11) is 0. The SMILES string of the molecule is Cc1cc(C)c2oc3c(c(=O)c2c1)C(c1cccc(Cl)c1)N(Cc1ccccc1)C3=O. The Morgan fingerprint density at radius 2 is 1.74 bits per heavy atom. The molecule has 0 saturated heterocycles. The number of hydrogen-bond donors (Lipinski definition) is 0. The van der Waals surface area contributed by atoms with Gasteiger partial charge in [-0.2, -0.15) is 0 Å². The number of rotatable bonds is 3. The molecule has 4 aromatic rings. The number of amides is 1. The molecule has 0 bridgehead atoms. The number of fused-ring (bicyclic) bond motifs is 2. The van der Waals surface area contributed by atoms with Gasteiger partial charge in [0.2, 0.25) is 5.76 Å². The Balaban J connectivity index is 1.77. The molecule has 0 fully saturated rings. The summed E-state index contributed by atoms with van der Waals surface area (Å²) in [5, 5.41) is 1.05. The van der Waals surface area contributed by atoms with Crippen molar-refractivity contribution in [2.45, 2.75) is 26.4 Å². The fourth-order valence-corrected chi connectivity index (χ4v) is 4.64. The van der Waals surface area contributed by atoms with Crippen molar-refractivity contribution in [1.29, 1.82) is 0 Å². The van der Waals surface area contributed by atoms with Gasteiger partial charge in [-0.05, 0) is 54.3 Å². The molecule has 1 amide bonds. The van der Waals surface area contributed by atoms with Crippen LogP contribution in [-0.2, 0) is 6.54 Å². The molecule has 3 aromatic carbocycles. The van der Waals surface area contributed by atoms with Crippen LogP contribution >= 0.6 is 11.6 Å². The lowest BCUT2D eigenvalue weighted by Crippen LogP contribution is -2.29. The molecular formula is C26H20ClNO3. The molecule has 31 heavy (non-hydrogen) atoms. The standard InChI is InChI=1S/C26H20ClNO3/c1-15-11-16(2)24-20(12-15)23(29)21-22(18-9-6-10-19(27)13-18)28(26(30)25(21)31-24)14-17-7-4-3-5-8-17/h3-13,22H,14H2,1-2H3. The molecule has 0 radical (unpaired) electrons. The van der Waals surface area contributed by atoms with E-state index in [-0.39, 0.29) is 17.1 Å². The monoisotopic (exact) mass is 429 g/mol. The van der Waals surface area contributed by atoms with Crippen molar-refractivity contribution in [2.24, 2.45) is 0 Å². The molecule has 0 saturated carbocycles. The van der Waals surface area contributed by atoms with E-state index in [1.165, 1.54) is 0 Å². The average Bonchev–Trinajstić information content (AvgIpc) is 3.02. The second-order valence-corrected chi connectivity index (χ2v) is 8.45.